The maximum absolute atomic E-state index is 2.56. The third-order valence-electron chi connectivity index (χ3n) is 4.78. The monoisotopic (exact) mass is 403 g/mol. The third-order valence-corrected chi connectivity index (χ3v) is 6.14. The Morgan fingerprint density at radius 1 is 1.00 bits per heavy atom. The largest absolute Gasteiger partial charge is 0.353 e. The molecule has 0 spiro atoms. The van der Waals surface area contributed by atoms with Crippen LogP contribution in [0.25, 0.3) is 0 Å². The van der Waals surface area contributed by atoms with Gasteiger partial charge >= 0.3 is 0 Å². The summed E-state index contributed by atoms with van der Waals surface area (Å²) in [6.45, 7) is 9.35. The number of aromatic nitrogens is 1. The summed E-state index contributed by atoms with van der Waals surface area (Å²) < 4.78 is 3.88. The van der Waals surface area contributed by atoms with Crippen molar-refractivity contribution < 1.29 is 0 Å². The van der Waals surface area contributed by atoms with Crippen LogP contribution in [0.1, 0.15) is 89.8 Å². The summed E-state index contributed by atoms with van der Waals surface area (Å²) in [5, 5.41) is 0. The highest BCUT2D eigenvalue weighted by atomic mass is 127. The van der Waals surface area contributed by atoms with Crippen molar-refractivity contribution in [3.05, 3.63) is 21.0 Å². The summed E-state index contributed by atoms with van der Waals surface area (Å²) in [5.41, 5.74) is 3.36. The van der Waals surface area contributed by atoms with E-state index in [0.29, 0.717) is 5.41 Å². The highest BCUT2D eigenvalue weighted by Gasteiger charge is 2.31. The van der Waals surface area contributed by atoms with E-state index in [2.05, 4.69) is 68.1 Å². The van der Waals surface area contributed by atoms with Crippen molar-refractivity contribution >= 4 is 22.6 Å². The molecule has 1 atom stereocenters. The summed E-state index contributed by atoms with van der Waals surface area (Å²) in [6, 6.07) is 0. The third kappa shape index (κ3) is 5.30. The molecule has 21 heavy (non-hydrogen) atoms. The Morgan fingerprint density at radius 2 is 1.52 bits per heavy atom. The van der Waals surface area contributed by atoms with Gasteiger partial charge in [-0.15, -0.1) is 0 Å². The van der Waals surface area contributed by atoms with Gasteiger partial charge < -0.3 is 4.57 Å². The topological polar surface area (TPSA) is 4.93 Å². The van der Waals surface area contributed by atoms with E-state index in [9.17, 15) is 0 Å². The smallest absolute Gasteiger partial charge is 0.0374 e. The molecule has 1 nitrogen and oxygen atoms in total. The fraction of sp³-hybridized carbons (Fsp3) is 0.789. The van der Waals surface area contributed by atoms with E-state index in [4.69, 9.17) is 0 Å². The number of nitrogens with zero attached hydrogens (tertiary/aromatic N) is 1. The molecule has 1 aromatic heterocycles. The van der Waals surface area contributed by atoms with Gasteiger partial charge in [-0.25, -0.2) is 0 Å². The van der Waals surface area contributed by atoms with Gasteiger partial charge in [0.1, 0.15) is 0 Å². The molecule has 0 bridgehead atoms. The Bertz CT molecular complexity index is 421. The fourth-order valence-electron chi connectivity index (χ4n) is 3.51. The first-order valence-electron chi connectivity index (χ1n) is 8.78. The Hall–Kier alpha value is 0.01000. The van der Waals surface area contributed by atoms with Crippen molar-refractivity contribution in [3.8, 4) is 0 Å². The van der Waals surface area contributed by atoms with Crippen molar-refractivity contribution in [2.75, 3.05) is 0 Å². The second-order valence-corrected chi connectivity index (χ2v) is 7.99. The van der Waals surface area contributed by atoms with Crippen LogP contribution < -0.4 is 0 Å². The maximum Gasteiger partial charge on any atom is 0.0374 e. The minimum Gasteiger partial charge on any atom is -0.353 e. The maximum atomic E-state index is 2.56. The molecular formula is C19H34IN. The Balaban J connectivity index is 2.88. The van der Waals surface area contributed by atoms with Crippen molar-refractivity contribution in [2.24, 2.45) is 7.05 Å². The van der Waals surface area contributed by atoms with E-state index in [1.807, 2.05) is 0 Å². The molecule has 0 aliphatic heterocycles. The van der Waals surface area contributed by atoms with Crippen molar-refractivity contribution in [1.29, 1.82) is 0 Å². The Morgan fingerprint density at radius 3 is 2.00 bits per heavy atom. The van der Waals surface area contributed by atoms with E-state index >= 15 is 0 Å². The zero-order chi connectivity index (χ0) is 15.9. The van der Waals surface area contributed by atoms with Gasteiger partial charge in [-0.3, -0.25) is 0 Å². The number of halogens is 1. The first kappa shape index (κ1) is 19.1. The van der Waals surface area contributed by atoms with Gasteiger partial charge in [0.25, 0.3) is 0 Å². The van der Waals surface area contributed by atoms with Gasteiger partial charge in [0, 0.05) is 27.9 Å². The lowest BCUT2D eigenvalue weighted by Crippen LogP contribution is -2.26. The van der Waals surface area contributed by atoms with Gasteiger partial charge in [0.2, 0.25) is 0 Å². The molecule has 2 heteroatoms. The molecule has 0 fully saturated rings. The summed E-state index contributed by atoms with van der Waals surface area (Å²) in [7, 11) is 2.23. The van der Waals surface area contributed by atoms with E-state index in [-0.39, 0.29) is 0 Å². The fourth-order valence-corrected chi connectivity index (χ4v) is 4.68. The van der Waals surface area contributed by atoms with Crippen LogP contribution in [0, 0.1) is 10.5 Å². The normalized spacial score (nSPS) is 14.4. The molecule has 0 aliphatic carbocycles. The van der Waals surface area contributed by atoms with Crippen LogP contribution in [0.2, 0.25) is 0 Å². The van der Waals surface area contributed by atoms with Crippen LogP contribution in [0.3, 0.4) is 0 Å². The standard InChI is InChI=1S/C19H34IN/c1-6-8-10-12-14-19(4,13-11-9-7-2)18-17(20)16(3)15-21(18)5/h15H,6-14H2,1-5H3. The zero-order valence-electron chi connectivity index (χ0n) is 14.8. The molecule has 0 radical (unpaired) electrons. The first-order valence-corrected chi connectivity index (χ1v) is 9.86. The highest BCUT2D eigenvalue weighted by Crippen LogP contribution is 2.39. The summed E-state index contributed by atoms with van der Waals surface area (Å²) in [5.74, 6) is 0. The molecule has 122 valence electrons. The van der Waals surface area contributed by atoms with Crippen LogP contribution in [-0.2, 0) is 12.5 Å². The number of hydrogen-bond donors (Lipinski definition) is 0. The Kier molecular flexibility index (Phi) is 8.36. The lowest BCUT2D eigenvalue weighted by Gasteiger charge is -2.31. The SMILES string of the molecule is CCCCCCC(C)(CCCCC)c1c(I)c(C)cn1C. The second kappa shape index (κ2) is 9.22. The minimum absolute atomic E-state index is 0.350. The van der Waals surface area contributed by atoms with Crippen LogP contribution >= 0.6 is 22.6 Å². The summed E-state index contributed by atoms with van der Waals surface area (Å²) >= 11 is 2.56. The van der Waals surface area contributed by atoms with Crippen LogP contribution in [0.4, 0.5) is 0 Å². The molecule has 1 heterocycles. The van der Waals surface area contributed by atoms with Crippen molar-refractivity contribution in [1.82, 2.24) is 4.57 Å². The average Bonchev–Trinajstić information content (AvgIpc) is 2.69. The quantitative estimate of drug-likeness (QED) is 0.301. The predicted molar refractivity (Wildman–Crippen MR) is 103 cm³/mol. The second-order valence-electron chi connectivity index (χ2n) is 6.91. The zero-order valence-corrected chi connectivity index (χ0v) is 16.9. The van der Waals surface area contributed by atoms with Crippen LogP contribution in [0.15, 0.2) is 6.20 Å². The van der Waals surface area contributed by atoms with Crippen molar-refractivity contribution in [2.45, 2.75) is 90.9 Å². The predicted octanol–water partition coefficient (Wildman–Crippen LogP) is 6.75. The molecule has 0 saturated carbocycles. The van der Waals surface area contributed by atoms with E-state index in [0.717, 1.165) is 0 Å². The number of rotatable bonds is 10. The molecule has 0 aromatic carbocycles. The highest BCUT2D eigenvalue weighted by molar-refractivity contribution is 14.1. The van der Waals surface area contributed by atoms with Gasteiger partial charge in [-0.05, 0) is 47.9 Å². The van der Waals surface area contributed by atoms with Crippen LogP contribution in [-0.4, -0.2) is 4.57 Å². The van der Waals surface area contributed by atoms with Gasteiger partial charge in [0.15, 0.2) is 0 Å². The molecular weight excluding hydrogens is 369 g/mol. The molecule has 1 unspecified atom stereocenters. The molecule has 0 amide bonds. The lowest BCUT2D eigenvalue weighted by molar-refractivity contribution is 0.347. The molecule has 0 N–H and O–H groups in total. The summed E-state index contributed by atoms with van der Waals surface area (Å²) in [4.78, 5) is 0. The van der Waals surface area contributed by atoms with Gasteiger partial charge in [-0.2, -0.15) is 0 Å². The van der Waals surface area contributed by atoms with Gasteiger partial charge in [0.05, 0.1) is 0 Å². The number of hydrogen-bond acceptors (Lipinski definition) is 0. The average molecular weight is 403 g/mol. The van der Waals surface area contributed by atoms with E-state index in [1.165, 1.54) is 66.9 Å². The molecule has 1 rings (SSSR count). The molecule has 0 aliphatic rings. The first-order chi connectivity index (χ1) is 9.96. The van der Waals surface area contributed by atoms with E-state index < -0.39 is 0 Å². The number of aryl methyl sites for hydroxylation is 2. The Labute approximate surface area is 146 Å². The minimum atomic E-state index is 0.350. The lowest BCUT2D eigenvalue weighted by atomic mass is 9.77. The summed E-state index contributed by atoms with van der Waals surface area (Å²) in [6.07, 6.45) is 14.5. The van der Waals surface area contributed by atoms with Crippen molar-refractivity contribution in [3.63, 3.8) is 0 Å². The van der Waals surface area contributed by atoms with Crippen LogP contribution in [0.5, 0.6) is 0 Å². The molecule has 1 aromatic rings. The van der Waals surface area contributed by atoms with E-state index in [1.54, 1.807) is 5.69 Å². The number of unbranched alkanes of at least 4 members (excludes halogenated alkanes) is 5. The molecule has 0 saturated heterocycles. The van der Waals surface area contributed by atoms with Gasteiger partial charge in [-0.1, -0.05) is 65.7 Å².